The van der Waals surface area contributed by atoms with Crippen LogP contribution in [0.5, 0.6) is 0 Å². The van der Waals surface area contributed by atoms with Gasteiger partial charge in [-0.05, 0) is 42.8 Å². The lowest BCUT2D eigenvalue weighted by Crippen LogP contribution is -2.49. The number of anilines is 1. The van der Waals surface area contributed by atoms with Gasteiger partial charge in [-0.2, -0.15) is 5.26 Å². The highest BCUT2D eigenvalue weighted by Crippen LogP contribution is 2.33. The van der Waals surface area contributed by atoms with Crippen molar-refractivity contribution in [1.29, 1.82) is 5.26 Å². The van der Waals surface area contributed by atoms with Gasteiger partial charge in [-0.15, -0.1) is 10.2 Å². The molecule has 6 rings (SSSR count). The summed E-state index contributed by atoms with van der Waals surface area (Å²) in [6.45, 7) is 5.72. The molecular weight excluding hydrogens is 400 g/mol. The Balaban J connectivity index is 1.43. The predicted octanol–water partition coefficient (Wildman–Crippen LogP) is 2.83. The molecule has 0 saturated carbocycles. The second-order valence-corrected chi connectivity index (χ2v) is 8.39. The van der Waals surface area contributed by atoms with Crippen LogP contribution in [0.1, 0.15) is 18.2 Å². The SMILES string of the molecule is CC1CN(c2ccc3c(n2)Cn2cc(-c4ccc(C#N)cc4)cc2-c2nncn2-3)CCN1. The van der Waals surface area contributed by atoms with Crippen molar-refractivity contribution in [3.05, 3.63) is 66.2 Å². The van der Waals surface area contributed by atoms with Crippen LogP contribution in [0.3, 0.4) is 0 Å². The maximum Gasteiger partial charge on any atom is 0.185 e. The van der Waals surface area contributed by atoms with Crippen molar-refractivity contribution in [2.75, 3.05) is 24.5 Å². The van der Waals surface area contributed by atoms with E-state index in [1.54, 1.807) is 6.33 Å². The van der Waals surface area contributed by atoms with Gasteiger partial charge in [-0.1, -0.05) is 12.1 Å². The van der Waals surface area contributed by atoms with Gasteiger partial charge in [-0.3, -0.25) is 4.57 Å². The molecule has 2 aliphatic rings. The maximum atomic E-state index is 9.09. The molecule has 158 valence electrons. The minimum Gasteiger partial charge on any atom is -0.354 e. The van der Waals surface area contributed by atoms with Gasteiger partial charge in [0.05, 0.1) is 35.3 Å². The van der Waals surface area contributed by atoms with Crippen LogP contribution in [0.15, 0.2) is 55.0 Å². The third-order valence-electron chi connectivity index (χ3n) is 6.23. The van der Waals surface area contributed by atoms with Gasteiger partial charge >= 0.3 is 0 Å². The number of aromatic nitrogens is 5. The van der Waals surface area contributed by atoms with Crippen LogP contribution in [-0.4, -0.2) is 50.0 Å². The number of hydrogen-bond acceptors (Lipinski definition) is 6. The van der Waals surface area contributed by atoms with Crippen LogP contribution >= 0.6 is 0 Å². The fraction of sp³-hybridized carbons (Fsp3) is 0.250. The van der Waals surface area contributed by atoms with Gasteiger partial charge < -0.3 is 14.8 Å². The Hall–Kier alpha value is -3.96. The minimum atomic E-state index is 0.444. The number of nitrogens with one attached hydrogen (secondary N) is 1. The quantitative estimate of drug-likeness (QED) is 0.471. The van der Waals surface area contributed by atoms with Crippen LogP contribution in [0.25, 0.3) is 28.3 Å². The van der Waals surface area contributed by atoms with E-state index in [1.807, 2.05) is 28.8 Å². The molecule has 4 aromatic rings. The number of hydrogen-bond donors (Lipinski definition) is 1. The Labute approximate surface area is 185 Å². The summed E-state index contributed by atoms with van der Waals surface area (Å²) < 4.78 is 4.21. The molecule has 32 heavy (non-hydrogen) atoms. The molecule has 0 aliphatic carbocycles. The summed E-state index contributed by atoms with van der Waals surface area (Å²) in [4.78, 5) is 7.42. The summed E-state index contributed by atoms with van der Waals surface area (Å²) in [5, 5.41) is 21.2. The molecule has 1 unspecified atom stereocenters. The average molecular weight is 422 g/mol. The molecule has 0 spiro atoms. The Bertz CT molecular complexity index is 1340. The third kappa shape index (κ3) is 3.06. The smallest absolute Gasteiger partial charge is 0.185 e. The number of nitriles is 1. The van der Waals surface area contributed by atoms with E-state index in [2.05, 4.69) is 62.4 Å². The molecule has 1 aromatic carbocycles. The third-order valence-corrected chi connectivity index (χ3v) is 6.23. The zero-order chi connectivity index (χ0) is 21.7. The molecule has 0 radical (unpaired) electrons. The summed E-state index contributed by atoms with van der Waals surface area (Å²) in [6.07, 6.45) is 3.89. The number of nitrogens with zero attached hydrogens (tertiary/aromatic N) is 7. The molecule has 1 saturated heterocycles. The van der Waals surface area contributed by atoms with Gasteiger partial charge in [0.25, 0.3) is 0 Å². The first-order valence-electron chi connectivity index (χ1n) is 10.8. The lowest BCUT2D eigenvalue weighted by molar-refractivity contribution is 0.482. The summed E-state index contributed by atoms with van der Waals surface area (Å²) in [5.74, 6) is 1.81. The Morgan fingerprint density at radius 1 is 1.12 bits per heavy atom. The fourth-order valence-corrected chi connectivity index (χ4v) is 4.61. The van der Waals surface area contributed by atoms with E-state index >= 15 is 0 Å². The minimum absolute atomic E-state index is 0.444. The van der Waals surface area contributed by atoms with Crippen LogP contribution < -0.4 is 10.2 Å². The molecule has 1 atom stereocenters. The van der Waals surface area contributed by atoms with Gasteiger partial charge in [0.15, 0.2) is 5.82 Å². The van der Waals surface area contributed by atoms with Crippen LogP contribution in [0.4, 0.5) is 5.82 Å². The first-order chi connectivity index (χ1) is 15.7. The normalized spacial score (nSPS) is 17.1. The first kappa shape index (κ1) is 18.8. The van der Waals surface area contributed by atoms with E-state index in [-0.39, 0.29) is 0 Å². The highest BCUT2D eigenvalue weighted by atomic mass is 15.3. The van der Waals surface area contributed by atoms with E-state index in [0.717, 1.165) is 59.5 Å². The van der Waals surface area contributed by atoms with Gasteiger partial charge in [0, 0.05) is 37.4 Å². The Morgan fingerprint density at radius 3 is 2.81 bits per heavy atom. The van der Waals surface area contributed by atoms with E-state index < -0.39 is 0 Å². The zero-order valence-electron chi connectivity index (χ0n) is 17.7. The number of benzene rings is 1. The van der Waals surface area contributed by atoms with E-state index in [1.165, 1.54) is 0 Å². The van der Waals surface area contributed by atoms with Gasteiger partial charge in [0.1, 0.15) is 12.1 Å². The largest absolute Gasteiger partial charge is 0.354 e. The lowest BCUT2D eigenvalue weighted by atomic mass is 10.1. The molecule has 2 aliphatic heterocycles. The monoisotopic (exact) mass is 422 g/mol. The first-order valence-corrected chi connectivity index (χ1v) is 10.8. The molecule has 8 nitrogen and oxygen atoms in total. The van der Waals surface area contributed by atoms with Crippen molar-refractivity contribution in [1.82, 2.24) is 29.6 Å². The number of rotatable bonds is 2. The van der Waals surface area contributed by atoms with Gasteiger partial charge in [-0.25, -0.2) is 4.98 Å². The number of pyridine rings is 1. The van der Waals surface area contributed by atoms with Crippen LogP contribution in [0, 0.1) is 11.3 Å². The number of piperazine rings is 1. The molecule has 5 heterocycles. The molecule has 1 N–H and O–H groups in total. The Morgan fingerprint density at radius 2 is 2.00 bits per heavy atom. The second-order valence-electron chi connectivity index (χ2n) is 8.39. The van der Waals surface area contributed by atoms with Gasteiger partial charge in [0.2, 0.25) is 0 Å². The summed E-state index contributed by atoms with van der Waals surface area (Å²) in [5.41, 5.74) is 5.80. The van der Waals surface area contributed by atoms with Crippen molar-refractivity contribution < 1.29 is 0 Å². The van der Waals surface area contributed by atoms with Crippen molar-refractivity contribution >= 4 is 5.82 Å². The van der Waals surface area contributed by atoms with Crippen LogP contribution in [0.2, 0.25) is 0 Å². The highest BCUT2D eigenvalue weighted by Gasteiger charge is 2.24. The fourth-order valence-electron chi connectivity index (χ4n) is 4.61. The van der Waals surface area contributed by atoms with E-state index in [4.69, 9.17) is 10.2 Å². The van der Waals surface area contributed by atoms with Crippen molar-refractivity contribution in [2.24, 2.45) is 0 Å². The molecule has 0 amide bonds. The molecule has 0 bridgehead atoms. The van der Waals surface area contributed by atoms with Crippen molar-refractivity contribution in [3.8, 4) is 34.4 Å². The van der Waals surface area contributed by atoms with E-state index in [9.17, 15) is 0 Å². The molecular formula is C24H22N8. The molecule has 1 fully saturated rings. The zero-order valence-corrected chi connectivity index (χ0v) is 17.7. The number of fused-ring (bicyclic) bond motifs is 5. The molecule has 8 heteroatoms. The maximum absolute atomic E-state index is 9.09. The molecule has 3 aromatic heterocycles. The Kier molecular flexibility index (Phi) is 4.30. The average Bonchev–Trinajstić information content (AvgIpc) is 3.44. The summed E-state index contributed by atoms with van der Waals surface area (Å²) >= 11 is 0. The van der Waals surface area contributed by atoms with Crippen molar-refractivity contribution in [3.63, 3.8) is 0 Å². The lowest BCUT2D eigenvalue weighted by Gasteiger charge is -2.33. The van der Waals surface area contributed by atoms with Crippen LogP contribution in [-0.2, 0) is 6.54 Å². The van der Waals surface area contributed by atoms with Crippen molar-refractivity contribution in [2.45, 2.75) is 19.5 Å². The highest BCUT2D eigenvalue weighted by molar-refractivity contribution is 5.71. The summed E-state index contributed by atoms with van der Waals surface area (Å²) in [6, 6.07) is 16.6. The second kappa shape index (κ2) is 7.32. The predicted molar refractivity (Wildman–Crippen MR) is 122 cm³/mol. The topological polar surface area (TPSA) is 87.6 Å². The standard InChI is InChI=1S/C24H22N8/c1-16-12-30(9-8-26-16)23-7-6-21-20(28-23)14-31-13-19(18-4-2-17(11-25)3-5-18)10-22(31)24-29-27-15-32(21)24/h2-7,10,13,15-16,26H,8-9,12,14H2,1H3. The summed E-state index contributed by atoms with van der Waals surface area (Å²) in [7, 11) is 0. The van der Waals surface area contributed by atoms with E-state index in [0.29, 0.717) is 18.2 Å².